The molecule has 4 nitrogen and oxygen atoms in total. The second kappa shape index (κ2) is 7.21. The number of benzene rings is 1. The molecule has 0 fully saturated rings. The molecule has 0 aliphatic heterocycles. The van der Waals surface area contributed by atoms with Crippen molar-refractivity contribution in [1.29, 1.82) is 0 Å². The van der Waals surface area contributed by atoms with Crippen molar-refractivity contribution < 1.29 is 9.13 Å². The highest BCUT2D eigenvalue weighted by Crippen LogP contribution is 2.27. The Morgan fingerprint density at radius 2 is 2.00 bits per heavy atom. The maximum Gasteiger partial charge on any atom is 0.157 e. The van der Waals surface area contributed by atoms with E-state index in [-0.39, 0.29) is 5.82 Å². The van der Waals surface area contributed by atoms with Gasteiger partial charge in [0.25, 0.3) is 0 Å². The summed E-state index contributed by atoms with van der Waals surface area (Å²) in [6.07, 6.45) is 0. The lowest BCUT2D eigenvalue weighted by atomic mass is 10.4. The van der Waals surface area contributed by atoms with E-state index in [1.54, 1.807) is 19.2 Å². The zero-order chi connectivity index (χ0) is 14.4. The van der Waals surface area contributed by atoms with Gasteiger partial charge in [-0.25, -0.2) is 14.4 Å². The van der Waals surface area contributed by atoms with Crippen LogP contribution in [-0.2, 0) is 11.3 Å². The van der Waals surface area contributed by atoms with Gasteiger partial charge in [-0.05, 0) is 31.2 Å². The molecule has 0 radical (unpaired) electrons. The maximum atomic E-state index is 12.9. The van der Waals surface area contributed by atoms with Gasteiger partial charge in [0.15, 0.2) is 5.82 Å². The summed E-state index contributed by atoms with van der Waals surface area (Å²) >= 11 is 1.46. The van der Waals surface area contributed by atoms with Gasteiger partial charge in [0.2, 0.25) is 0 Å². The number of hydrogen-bond donors (Lipinski definition) is 1. The summed E-state index contributed by atoms with van der Waals surface area (Å²) in [5.74, 6) is 1.14. The van der Waals surface area contributed by atoms with Gasteiger partial charge in [0.05, 0.1) is 0 Å². The van der Waals surface area contributed by atoms with Gasteiger partial charge < -0.3 is 10.1 Å². The van der Waals surface area contributed by atoms with E-state index in [0.29, 0.717) is 12.4 Å². The molecular weight excluding hydrogens is 277 g/mol. The van der Waals surface area contributed by atoms with Crippen LogP contribution >= 0.6 is 11.8 Å². The van der Waals surface area contributed by atoms with Gasteiger partial charge in [-0.3, -0.25) is 0 Å². The van der Waals surface area contributed by atoms with Gasteiger partial charge in [-0.2, -0.15) is 0 Å². The van der Waals surface area contributed by atoms with E-state index >= 15 is 0 Å². The first-order valence-electron chi connectivity index (χ1n) is 6.25. The lowest BCUT2D eigenvalue weighted by Gasteiger charge is -2.08. The fourth-order valence-electron chi connectivity index (χ4n) is 1.61. The van der Waals surface area contributed by atoms with Crippen molar-refractivity contribution >= 4 is 17.6 Å². The number of aromatic nitrogens is 2. The largest absolute Gasteiger partial charge is 0.377 e. The second-order valence-corrected chi connectivity index (χ2v) is 5.12. The molecule has 6 heteroatoms. The fraction of sp³-hybridized carbons (Fsp3) is 0.286. The van der Waals surface area contributed by atoms with E-state index in [2.05, 4.69) is 15.3 Å². The standard InChI is InChI=1S/C14H16FN3OS/c1-3-16-12-8-14(18-13(17-12)9-19-2)20-11-6-4-10(15)5-7-11/h4-8H,3,9H2,1-2H3,(H,16,17,18). The SMILES string of the molecule is CCNc1cc(Sc2ccc(F)cc2)nc(COC)n1. The summed E-state index contributed by atoms with van der Waals surface area (Å²) < 4.78 is 18.0. The van der Waals surface area contributed by atoms with Crippen LogP contribution in [0, 0.1) is 5.82 Å². The predicted octanol–water partition coefficient (Wildman–Crippen LogP) is 3.35. The van der Waals surface area contributed by atoms with Crippen molar-refractivity contribution in [2.75, 3.05) is 19.0 Å². The molecule has 1 aromatic carbocycles. The van der Waals surface area contributed by atoms with Gasteiger partial charge in [0, 0.05) is 24.6 Å². The van der Waals surface area contributed by atoms with Crippen molar-refractivity contribution in [2.24, 2.45) is 0 Å². The van der Waals surface area contributed by atoms with Crippen LogP contribution in [0.5, 0.6) is 0 Å². The lowest BCUT2D eigenvalue weighted by Crippen LogP contribution is -2.05. The number of hydrogen-bond acceptors (Lipinski definition) is 5. The minimum absolute atomic E-state index is 0.245. The number of halogens is 1. The summed E-state index contributed by atoms with van der Waals surface area (Å²) in [5, 5.41) is 3.96. The smallest absolute Gasteiger partial charge is 0.157 e. The van der Waals surface area contributed by atoms with Crippen molar-refractivity contribution in [2.45, 2.75) is 23.5 Å². The van der Waals surface area contributed by atoms with Crippen LogP contribution in [0.25, 0.3) is 0 Å². The molecule has 0 aliphatic carbocycles. The molecule has 0 amide bonds. The van der Waals surface area contributed by atoms with Crippen LogP contribution < -0.4 is 5.32 Å². The first-order chi connectivity index (χ1) is 9.71. The third-order valence-electron chi connectivity index (χ3n) is 2.42. The molecule has 0 bridgehead atoms. The number of anilines is 1. The Hall–Kier alpha value is -1.66. The molecule has 0 spiro atoms. The first-order valence-corrected chi connectivity index (χ1v) is 7.07. The molecule has 2 rings (SSSR count). The summed E-state index contributed by atoms with van der Waals surface area (Å²) in [5.41, 5.74) is 0. The Bertz CT molecular complexity index is 539. The molecule has 0 atom stereocenters. The average molecular weight is 293 g/mol. The fourth-order valence-corrected chi connectivity index (χ4v) is 2.45. The topological polar surface area (TPSA) is 47.0 Å². The highest BCUT2D eigenvalue weighted by molar-refractivity contribution is 7.99. The molecule has 106 valence electrons. The highest BCUT2D eigenvalue weighted by Gasteiger charge is 2.06. The van der Waals surface area contributed by atoms with Crippen LogP contribution in [-0.4, -0.2) is 23.6 Å². The average Bonchev–Trinajstić information content (AvgIpc) is 2.42. The van der Waals surface area contributed by atoms with Crippen molar-refractivity contribution in [3.8, 4) is 0 Å². The van der Waals surface area contributed by atoms with E-state index in [9.17, 15) is 4.39 Å². The normalized spacial score (nSPS) is 10.6. The summed E-state index contributed by atoms with van der Waals surface area (Å²) in [6.45, 7) is 3.14. The van der Waals surface area contributed by atoms with Gasteiger partial charge in [0.1, 0.15) is 23.3 Å². The van der Waals surface area contributed by atoms with E-state index in [4.69, 9.17) is 4.74 Å². The third kappa shape index (κ3) is 4.18. The van der Waals surface area contributed by atoms with E-state index in [1.807, 2.05) is 13.0 Å². The summed E-state index contributed by atoms with van der Waals surface area (Å²) in [4.78, 5) is 9.69. The summed E-state index contributed by atoms with van der Waals surface area (Å²) in [6, 6.07) is 8.20. The molecule has 20 heavy (non-hydrogen) atoms. The third-order valence-corrected chi connectivity index (χ3v) is 3.34. The van der Waals surface area contributed by atoms with E-state index in [0.717, 1.165) is 22.3 Å². The Morgan fingerprint density at radius 3 is 2.65 bits per heavy atom. The molecular formula is C14H16FN3OS. The number of ether oxygens (including phenoxy) is 1. The van der Waals surface area contributed by atoms with Crippen LogP contribution in [0.3, 0.4) is 0 Å². The highest BCUT2D eigenvalue weighted by atomic mass is 32.2. The number of methoxy groups -OCH3 is 1. The molecule has 2 aromatic rings. The van der Waals surface area contributed by atoms with E-state index < -0.39 is 0 Å². The quantitative estimate of drug-likeness (QED) is 0.828. The minimum Gasteiger partial charge on any atom is -0.377 e. The second-order valence-electron chi connectivity index (χ2n) is 4.03. The first kappa shape index (κ1) is 14.7. The molecule has 0 unspecified atom stereocenters. The molecule has 1 N–H and O–H groups in total. The molecule has 1 heterocycles. The minimum atomic E-state index is -0.245. The van der Waals surface area contributed by atoms with Crippen LogP contribution in [0.15, 0.2) is 40.3 Å². The Kier molecular flexibility index (Phi) is 5.31. The van der Waals surface area contributed by atoms with Crippen molar-refractivity contribution in [1.82, 2.24) is 9.97 Å². The Morgan fingerprint density at radius 1 is 1.25 bits per heavy atom. The van der Waals surface area contributed by atoms with Crippen molar-refractivity contribution in [3.05, 3.63) is 42.0 Å². The van der Waals surface area contributed by atoms with Gasteiger partial charge in [-0.1, -0.05) is 11.8 Å². The molecule has 0 saturated carbocycles. The van der Waals surface area contributed by atoms with Crippen LogP contribution in [0.1, 0.15) is 12.7 Å². The predicted molar refractivity (Wildman–Crippen MR) is 77.4 cm³/mol. The zero-order valence-electron chi connectivity index (χ0n) is 11.4. The molecule has 1 aromatic heterocycles. The Labute approximate surface area is 121 Å². The number of nitrogens with one attached hydrogen (secondary N) is 1. The van der Waals surface area contributed by atoms with Crippen LogP contribution in [0.4, 0.5) is 10.2 Å². The van der Waals surface area contributed by atoms with Gasteiger partial charge >= 0.3 is 0 Å². The zero-order valence-corrected chi connectivity index (χ0v) is 12.2. The molecule has 0 aliphatic rings. The van der Waals surface area contributed by atoms with Crippen molar-refractivity contribution in [3.63, 3.8) is 0 Å². The lowest BCUT2D eigenvalue weighted by molar-refractivity contribution is 0.177. The van der Waals surface area contributed by atoms with Gasteiger partial charge in [-0.15, -0.1) is 0 Å². The maximum absolute atomic E-state index is 12.9. The number of rotatable bonds is 6. The van der Waals surface area contributed by atoms with E-state index in [1.165, 1.54) is 23.9 Å². The summed E-state index contributed by atoms with van der Waals surface area (Å²) in [7, 11) is 1.61. The monoisotopic (exact) mass is 293 g/mol. The number of nitrogens with zero attached hydrogens (tertiary/aromatic N) is 2. The Balaban J connectivity index is 2.22. The van der Waals surface area contributed by atoms with Crippen LogP contribution in [0.2, 0.25) is 0 Å². The molecule has 0 saturated heterocycles.